The molecule has 0 fully saturated rings. The van der Waals surface area contributed by atoms with Gasteiger partial charge in [0.25, 0.3) is 0 Å². The zero-order chi connectivity index (χ0) is 15.4. The molecule has 122 valence electrons. The Morgan fingerprint density at radius 1 is 0.762 bits per heavy atom. The third-order valence-corrected chi connectivity index (χ3v) is 3.64. The Morgan fingerprint density at radius 2 is 1.33 bits per heavy atom. The molecule has 2 nitrogen and oxygen atoms in total. The first-order valence-corrected chi connectivity index (χ1v) is 9.01. The lowest BCUT2D eigenvalue weighted by Gasteiger charge is -2.03. The van der Waals surface area contributed by atoms with Crippen LogP contribution in [0, 0.1) is 11.3 Å². The minimum atomic E-state index is 0.522. The van der Waals surface area contributed by atoms with Crippen LogP contribution in [0.3, 0.4) is 0 Å². The van der Waals surface area contributed by atoms with Gasteiger partial charge in [0.15, 0.2) is 0 Å². The van der Waals surface area contributed by atoms with E-state index in [0.717, 1.165) is 13.0 Å². The van der Waals surface area contributed by atoms with E-state index in [-0.39, 0.29) is 0 Å². The summed E-state index contributed by atoms with van der Waals surface area (Å²) in [7, 11) is 0. The van der Waals surface area contributed by atoms with E-state index >= 15 is 0 Å². The van der Waals surface area contributed by atoms with E-state index in [1.54, 1.807) is 0 Å². The van der Waals surface area contributed by atoms with Crippen molar-refractivity contribution in [2.24, 2.45) is 0 Å². The molecule has 0 aliphatic carbocycles. The van der Waals surface area contributed by atoms with Crippen LogP contribution in [0.4, 0.5) is 0 Å². The van der Waals surface area contributed by atoms with Crippen LogP contribution in [0.15, 0.2) is 12.2 Å². The fourth-order valence-electron chi connectivity index (χ4n) is 2.33. The van der Waals surface area contributed by atoms with Gasteiger partial charge in [0.05, 0.1) is 19.1 Å². The van der Waals surface area contributed by atoms with E-state index in [2.05, 4.69) is 25.1 Å². The van der Waals surface area contributed by atoms with Crippen LogP contribution >= 0.6 is 0 Å². The minimum absolute atomic E-state index is 0.522. The van der Waals surface area contributed by atoms with Gasteiger partial charge in [-0.2, -0.15) is 5.26 Å². The van der Waals surface area contributed by atoms with Gasteiger partial charge in [-0.15, -0.1) is 0 Å². The topological polar surface area (TPSA) is 33.0 Å². The zero-order valence-electron chi connectivity index (χ0n) is 14.1. The average Bonchev–Trinajstić information content (AvgIpc) is 2.50. The first-order valence-electron chi connectivity index (χ1n) is 9.01. The molecule has 2 heteroatoms. The maximum Gasteiger partial charge on any atom is 0.0645 e. The lowest BCUT2D eigenvalue weighted by Crippen LogP contribution is -1.95. The number of nitriles is 1. The molecule has 0 rings (SSSR count). The van der Waals surface area contributed by atoms with Crippen LogP contribution in [0.25, 0.3) is 0 Å². The van der Waals surface area contributed by atoms with Crippen molar-refractivity contribution in [3.05, 3.63) is 12.2 Å². The van der Waals surface area contributed by atoms with E-state index < -0.39 is 0 Å². The molecule has 0 heterocycles. The molecule has 0 spiro atoms. The molecule has 0 aromatic rings. The molecular weight excluding hydrogens is 258 g/mol. The Bertz CT molecular complexity index is 255. The van der Waals surface area contributed by atoms with Crippen LogP contribution in [0.1, 0.15) is 90.4 Å². The van der Waals surface area contributed by atoms with E-state index in [1.165, 1.54) is 70.6 Å². The average molecular weight is 293 g/mol. The van der Waals surface area contributed by atoms with Crippen molar-refractivity contribution in [2.75, 3.05) is 13.2 Å². The summed E-state index contributed by atoms with van der Waals surface area (Å²) in [6, 6.07) is 2.09. The molecule has 0 saturated heterocycles. The Morgan fingerprint density at radius 3 is 1.95 bits per heavy atom. The highest BCUT2D eigenvalue weighted by Crippen LogP contribution is 2.11. The van der Waals surface area contributed by atoms with Crippen LogP contribution in [-0.2, 0) is 4.74 Å². The minimum Gasteiger partial charge on any atom is -0.380 e. The highest BCUT2D eigenvalue weighted by Gasteiger charge is 1.93. The van der Waals surface area contributed by atoms with Gasteiger partial charge in [-0.25, -0.2) is 0 Å². The summed E-state index contributed by atoms with van der Waals surface area (Å²) in [4.78, 5) is 0. The molecule has 0 unspecified atom stereocenters. The number of rotatable bonds is 16. The molecule has 0 aromatic carbocycles. The summed E-state index contributed by atoms with van der Waals surface area (Å²) in [5.74, 6) is 0. The zero-order valence-corrected chi connectivity index (χ0v) is 14.1. The summed E-state index contributed by atoms with van der Waals surface area (Å²) >= 11 is 0. The molecule has 0 saturated carbocycles. The van der Waals surface area contributed by atoms with Crippen LogP contribution < -0.4 is 0 Å². The first-order chi connectivity index (χ1) is 10.4. The number of ether oxygens (including phenoxy) is 1. The number of hydrogen-bond donors (Lipinski definition) is 0. The SMILES string of the molecule is CCC/C=C/CCCCCCCCCCCOCCC#N. The molecule has 0 aromatic heterocycles. The number of hydrogen-bond acceptors (Lipinski definition) is 2. The van der Waals surface area contributed by atoms with Crippen molar-refractivity contribution < 1.29 is 4.74 Å². The summed E-state index contributed by atoms with van der Waals surface area (Å²) in [5.41, 5.74) is 0. The number of allylic oxidation sites excluding steroid dienone is 2. The Hall–Kier alpha value is -0.810. The van der Waals surface area contributed by atoms with Crippen molar-refractivity contribution in [1.82, 2.24) is 0 Å². The lowest BCUT2D eigenvalue weighted by atomic mass is 10.1. The fraction of sp³-hybridized carbons (Fsp3) is 0.842. The molecule has 0 atom stereocenters. The quantitative estimate of drug-likeness (QED) is 0.252. The van der Waals surface area contributed by atoms with Crippen LogP contribution in [-0.4, -0.2) is 13.2 Å². The van der Waals surface area contributed by atoms with Crippen molar-refractivity contribution in [1.29, 1.82) is 5.26 Å². The largest absolute Gasteiger partial charge is 0.380 e. The van der Waals surface area contributed by atoms with Gasteiger partial charge in [-0.1, -0.05) is 70.4 Å². The van der Waals surface area contributed by atoms with Gasteiger partial charge < -0.3 is 4.74 Å². The third-order valence-electron chi connectivity index (χ3n) is 3.64. The molecular formula is C19H35NO. The molecule has 0 radical (unpaired) electrons. The van der Waals surface area contributed by atoms with E-state index in [9.17, 15) is 0 Å². The van der Waals surface area contributed by atoms with Gasteiger partial charge in [0.1, 0.15) is 0 Å². The summed E-state index contributed by atoms with van der Waals surface area (Å²) in [6.45, 7) is 3.66. The van der Waals surface area contributed by atoms with E-state index in [1.807, 2.05) is 0 Å². The van der Waals surface area contributed by atoms with Crippen LogP contribution in [0.2, 0.25) is 0 Å². The Balaban J connectivity index is 2.98. The molecule has 0 bridgehead atoms. The van der Waals surface area contributed by atoms with Crippen LogP contribution in [0.5, 0.6) is 0 Å². The molecule has 0 aliphatic heterocycles. The molecule has 0 N–H and O–H groups in total. The van der Waals surface area contributed by atoms with Gasteiger partial charge in [-0.05, 0) is 25.7 Å². The predicted molar refractivity (Wildman–Crippen MR) is 91.3 cm³/mol. The smallest absolute Gasteiger partial charge is 0.0645 e. The maximum atomic E-state index is 8.36. The van der Waals surface area contributed by atoms with Crippen molar-refractivity contribution in [2.45, 2.75) is 90.4 Å². The summed E-state index contributed by atoms with van der Waals surface area (Å²) in [5, 5.41) is 8.36. The summed E-state index contributed by atoms with van der Waals surface area (Å²) < 4.78 is 5.35. The Labute approximate surface area is 132 Å². The standard InChI is InChI=1S/C19H35NO/c1-2-3-4-5-6-7-8-9-10-11-12-13-14-15-18-21-19-16-17-20/h4-5H,2-3,6-16,18-19H2,1H3/b5-4+. The number of nitrogens with zero attached hydrogens (tertiary/aromatic N) is 1. The second-order valence-corrected chi connectivity index (χ2v) is 5.75. The molecule has 21 heavy (non-hydrogen) atoms. The van der Waals surface area contributed by atoms with Gasteiger partial charge in [0.2, 0.25) is 0 Å². The van der Waals surface area contributed by atoms with Crippen molar-refractivity contribution >= 4 is 0 Å². The fourth-order valence-corrected chi connectivity index (χ4v) is 2.33. The molecule has 0 aliphatic rings. The second-order valence-electron chi connectivity index (χ2n) is 5.75. The second kappa shape index (κ2) is 19.2. The lowest BCUT2D eigenvalue weighted by molar-refractivity contribution is 0.135. The first kappa shape index (κ1) is 20.2. The third kappa shape index (κ3) is 19.2. The highest BCUT2D eigenvalue weighted by molar-refractivity contribution is 4.80. The van der Waals surface area contributed by atoms with E-state index in [4.69, 9.17) is 10.00 Å². The monoisotopic (exact) mass is 293 g/mol. The normalized spacial score (nSPS) is 11.0. The van der Waals surface area contributed by atoms with E-state index in [0.29, 0.717) is 13.0 Å². The maximum absolute atomic E-state index is 8.36. The van der Waals surface area contributed by atoms with Crippen molar-refractivity contribution in [3.8, 4) is 6.07 Å². The summed E-state index contributed by atoms with van der Waals surface area (Å²) in [6.07, 6.45) is 21.0. The van der Waals surface area contributed by atoms with Gasteiger partial charge in [0, 0.05) is 6.61 Å². The number of unbranched alkanes of at least 4 members (excludes halogenated alkanes) is 10. The highest BCUT2D eigenvalue weighted by atomic mass is 16.5. The van der Waals surface area contributed by atoms with Gasteiger partial charge in [-0.3, -0.25) is 0 Å². The predicted octanol–water partition coefficient (Wildman–Crippen LogP) is 6.17. The van der Waals surface area contributed by atoms with Crippen molar-refractivity contribution in [3.63, 3.8) is 0 Å². The van der Waals surface area contributed by atoms with Gasteiger partial charge >= 0.3 is 0 Å². The molecule has 0 amide bonds. The Kier molecular flexibility index (Phi) is 18.4.